The van der Waals surface area contributed by atoms with Gasteiger partial charge in [-0.05, 0) is 25.8 Å². The smallest absolute Gasteiger partial charge is 0.193 e. The predicted molar refractivity (Wildman–Crippen MR) is 94.0 cm³/mol. The van der Waals surface area contributed by atoms with Gasteiger partial charge in [0.05, 0.1) is 13.2 Å². The molecule has 0 radical (unpaired) electrons. The van der Waals surface area contributed by atoms with Crippen molar-refractivity contribution in [2.45, 2.75) is 38.3 Å². The Bertz CT molecular complexity index is 392. The maximum atomic E-state index is 5.47. The molecule has 6 nitrogen and oxygen atoms in total. The van der Waals surface area contributed by atoms with E-state index in [1.807, 2.05) is 7.05 Å². The van der Waals surface area contributed by atoms with Crippen molar-refractivity contribution in [3.05, 3.63) is 0 Å². The molecule has 2 saturated heterocycles. The summed E-state index contributed by atoms with van der Waals surface area (Å²) in [5.41, 5.74) is 0. The van der Waals surface area contributed by atoms with E-state index in [1.54, 1.807) is 0 Å². The summed E-state index contributed by atoms with van der Waals surface area (Å²) < 4.78 is 5.47. The summed E-state index contributed by atoms with van der Waals surface area (Å²) in [5, 5.41) is 3.57. The van der Waals surface area contributed by atoms with Crippen LogP contribution in [0.3, 0.4) is 0 Å². The van der Waals surface area contributed by atoms with Crippen LogP contribution in [0.1, 0.15) is 26.2 Å². The third-order valence-electron chi connectivity index (χ3n) is 5.39. The van der Waals surface area contributed by atoms with Crippen LogP contribution in [-0.4, -0.2) is 98.8 Å². The topological polar surface area (TPSA) is 43.3 Å². The molecule has 1 aliphatic carbocycles. The lowest BCUT2D eigenvalue weighted by molar-refractivity contribution is 0.0195. The molecule has 1 atom stereocenters. The van der Waals surface area contributed by atoms with Gasteiger partial charge in [-0.3, -0.25) is 14.8 Å². The fourth-order valence-corrected chi connectivity index (χ4v) is 3.86. The van der Waals surface area contributed by atoms with Gasteiger partial charge in [0.15, 0.2) is 5.96 Å². The molecule has 132 valence electrons. The van der Waals surface area contributed by atoms with Crippen molar-refractivity contribution in [2.75, 3.05) is 66.1 Å². The molecule has 0 bridgehead atoms. The zero-order chi connectivity index (χ0) is 16.1. The highest BCUT2D eigenvalue weighted by Crippen LogP contribution is 2.25. The Kier molecular flexibility index (Phi) is 6.14. The van der Waals surface area contributed by atoms with Crippen LogP contribution in [-0.2, 0) is 4.74 Å². The molecule has 3 fully saturated rings. The first-order chi connectivity index (χ1) is 11.3. The average molecular weight is 323 g/mol. The highest BCUT2D eigenvalue weighted by Gasteiger charge is 2.30. The average Bonchev–Trinajstić information content (AvgIpc) is 3.32. The molecule has 2 aliphatic heterocycles. The van der Waals surface area contributed by atoms with Crippen molar-refractivity contribution >= 4 is 5.96 Å². The molecule has 3 aliphatic rings. The molecule has 0 aromatic rings. The van der Waals surface area contributed by atoms with Crippen LogP contribution in [0, 0.1) is 0 Å². The zero-order valence-corrected chi connectivity index (χ0v) is 14.8. The van der Waals surface area contributed by atoms with Crippen molar-refractivity contribution < 1.29 is 4.74 Å². The molecule has 23 heavy (non-hydrogen) atoms. The van der Waals surface area contributed by atoms with E-state index < -0.39 is 0 Å². The van der Waals surface area contributed by atoms with Crippen molar-refractivity contribution in [1.29, 1.82) is 0 Å². The number of likely N-dealkylation sites (tertiary alicyclic amines) is 1. The number of hydrogen-bond acceptors (Lipinski definition) is 4. The van der Waals surface area contributed by atoms with Crippen molar-refractivity contribution in [3.63, 3.8) is 0 Å². The minimum atomic E-state index is 0.663. The van der Waals surface area contributed by atoms with E-state index >= 15 is 0 Å². The van der Waals surface area contributed by atoms with Gasteiger partial charge in [0, 0.05) is 58.4 Å². The van der Waals surface area contributed by atoms with Gasteiger partial charge in [0.1, 0.15) is 0 Å². The van der Waals surface area contributed by atoms with E-state index in [0.29, 0.717) is 6.04 Å². The summed E-state index contributed by atoms with van der Waals surface area (Å²) in [6.45, 7) is 11.7. The highest BCUT2D eigenvalue weighted by atomic mass is 16.5. The van der Waals surface area contributed by atoms with E-state index in [1.165, 1.54) is 19.3 Å². The monoisotopic (exact) mass is 323 g/mol. The minimum absolute atomic E-state index is 0.663. The number of ether oxygens (including phenoxy) is 1. The number of guanidine groups is 1. The maximum Gasteiger partial charge on any atom is 0.193 e. The van der Waals surface area contributed by atoms with Gasteiger partial charge in [0.25, 0.3) is 0 Å². The molecule has 0 amide bonds. The van der Waals surface area contributed by atoms with Gasteiger partial charge in [0.2, 0.25) is 0 Å². The number of hydrogen-bond donors (Lipinski definition) is 1. The molecule has 0 spiro atoms. The summed E-state index contributed by atoms with van der Waals surface area (Å²) in [6, 6.07) is 1.51. The predicted octanol–water partition coefficient (Wildman–Crippen LogP) is 0.453. The fraction of sp³-hybridized carbons (Fsp3) is 0.941. The summed E-state index contributed by atoms with van der Waals surface area (Å²) >= 11 is 0. The molecule has 1 saturated carbocycles. The normalized spacial score (nSPS) is 27.0. The molecule has 1 N–H and O–H groups in total. The summed E-state index contributed by atoms with van der Waals surface area (Å²) in [7, 11) is 1.91. The van der Waals surface area contributed by atoms with Gasteiger partial charge in [-0.1, -0.05) is 6.92 Å². The largest absolute Gasteiger partial charge is 0.379 e. The third kappa shape index (κ3) is 4.58. The lowest BCUT2D eigenvalue weighted by atomic mass is 10.2. The molecule has 0 aromatic carbocycles. The number of nitrogens with zero attached hydrogens (tertiary/aromatic N) is 4. The van der Waals surface area contributed by atoms with Crippen molar-refractivity contribution in [3.8, 4) is 0 Å². The quantitative estimate of drug-likeness (QED) is 0.568. The third-order valence-corrected chi connectivity index (χ3v) is 5.39. The number of aliphatic imine (C=N–C) groups is 1. The Morgan fingerprint density at radius 3 is 2.65 bits per heavy atom. The fourth-order valence-electron chi connectivity index (χ4n) is 3.86. The maximum absolute atomic E-state index is 5.47. The first-order valence-electron chi connectivity index (χ1n) is 9.33. The molecule has 0 aromatic heterocycles. The zero-order valence-electron chi connectivity index (χ0n) is 14.8. The number of likely N-dealkylation sites (N-methyl/N-ethyl adjacent to an activating group) is 1. The lowest BCUT2D eigenvalue weighted by Gasteiger charge is -2.32. The van der Waals surface area contributed by atoms with Gasteiger partial charge < -0.3 is 15.0 Å². The second kappa shape index (κ2) is 8.31. The second-order valence-corrected chi connectivity index (χ2v) is 6.87. The van der Waals surface area contributed by atoms with E-state index in [4.69, 9.17) is 4.74 Å². The Balaban J connectivity index is 1.41. The highest BCUT2D eigenvalue weighted by molar-refractivity contribution is 5.80. The van der Waals surface area contributed by atoms with Crippen LogP contribution < -0.4 is 5.32 Å². The molecular weight excluding hydrogens is 290 g/mol. The minimum Gasteiger partial charge on any atom is -0.379 e. The SMILES string of the molecule is CCN(CCNC(=NC)N1CCC(N2CCOCC2)C1)C1CC1. The first kappa shape index (κ1) is 17.0. The molecule has 3 rings (SSSR count). The van der Waals surface area contributed by atoms with Crippen LogP contribution in [0.25, 0.3) is 0 Å². The summed E-state index contributed by atoms with van der Waals surface area (Å²) in [5.74, 6) is 1.08. The molecule has 1 unspecified atom stereocenters. The Morgan fingerprint density at radius 2 is 2.00 bits per heavy atom. The molecule has 2 heterocycles. The molecule has 6 heteroatoms. The van der Waals surface area contributed by atoms with Crippen LogP contribution in [0.15, 0.2) is 4.99 Å². The van der Waals surface area contributed by atoms with Crippen LogP contribution in [0.5, 0.6) is 0 Å². The summed E-state index contributed by atoms with van der Waals surface area (Å²) in [4.78, 5) is 12.1. The van der Waals surface area contributed by atoms with Gasteiger partial charge in [-0.15, -0.1) is 0 Å². The second-order valence-electron chi connectivity index (χ2n) is 6.87. The van der Waals surface area contributed by atoms with Gasteiger partial charge in [-0.25, -0.2) is 0 Å². The molecular formula is C17H33N5O. The van der Waals surface area contributed by atoms with Crippen LogP contribution in [0.4, 0.5) is 0 Å². The van der Waals surface area contributed by atoms with E-state index in [-0.39, 0.29) is 0 Å². The number of morpholine rings is 1. The van der Waals surface area contributed by atoms with Crippen LogP contribution in [0.2, 0.25) is 0 Å². The van der Waals surface area contributed by atoms with Crippen LogP contribution >= 0.6 is 0 Å². The number of nitrogens with one attached hydrogen (secondary N) is 1. The van der Waals surface area contributed by atoms with Crippen molar-refractivity contribution in [2.24, 2.45) is 4.99 Å². The lowest BCUT2D eigenvalue weighted by Crippen LogP contribution is -2.47. The van der Waals surface area contributed by atoms with E-state index in [2.05, 4.69) is 31.9 Å². The first-order valence-corrected chi connectivity index (χ1v) is 9.33. The van der Waals surface area contributed by atoms with Crippen molar-refractivity contribution in [1.82, 2.24) is 20.0 Å². The van der Waals surface area contributed by atoms with E-state index in [9.17, 15) is 0 Å². The van der Waals surface area contributed by atoms with E-state index in [0.717, 1.165) is 71.0 Å². The van der Waals surface area contributed by atoms with Gasteiger partial charge >= 0.3 is 0 Å². The standard InChI is InChI=1S/C17H33N5O/c1-3-20(15-4-5-15)9-7-19-17(18-2)22-8-6-16(14-22)21-10-12-23-13-11-21/h15-16H,3-14H2,1-2H3,(H,18,19). The summed E-state index contributed by atoms with van der Waals surface area (Å²) in [6.07, 6.45) is 4.01. The van der Waals surface area contributed by atoms with Gasteiger partial charge in [-0.2, -0.15) is 0 Å². The Hall–Kier alpha value is -0.850. The Morgan fingerprint density at radius 1 is 1.22 bits per heavy atom. The number of rotatable bonds is 6. The Labute approximate surface area is 140 Å².